The molecule has 1 nitrogen and oxygen atoms in total. The van der Waals surface area contributed by atoms with E-state index in [9.17, 15) is 0 Å². The Kier molecular flexibility index (Phi) is 4.63. The van der Waals surface area contributed by atoms with Crippen LogP contribution in [0.15, 0.2) is 18.2 Å². The number of halogens is 1. The van der Waals surface area contributed by atoms with Crippen LogP contribution in [0.2, 0.25) is 0 Å². The Morgan fingerprint density at radius 1 is 1.29 bits per heavy atom. The van der Waals surface area contributed by atoms with Gasteiger partial charge in [-0.15, -0.1) is 0 Å². The summed E-state index contributed by atoms with van der Waals surface area (Å²) in [6.45, 7) is 8.10. The van der Waals surface area contributed by atoms with Gasteiger partial charge in [-0.2, -0.15) is 0 Å². The van der Waals surface area contributed by atoms with Gasteiger partial charge in [0, 0.05) is 18.4 Å². The zero-order valence-corrected chi connectivity index (χ0v) is 12.5. The minimum absolute atomic E-state index is 0.841. The zero-order chi connectivity index (χ0) is 12.3. The van der Waals surface area contributed by atoms with Crippen molar-refractivity contribution in [3.63, 3.8) is 0 Å². The smallest absolute Gasteiger partial charge is 0.0239 e. The first-order chi connectivity index (χ1) is 8.20. The minimum Gasteiger partial charge on any atom is -0.299 e. The summed E-state index contributed by atoms with van der Waals surface area (Å²) >= 11 is 3.63. The van der Waals surface area contributed by atoms with Crippen molar-refractivity contribution in [3.05, 3.63) is 34.9 Å². The zero-order valence-electron chi connectivity index (χ0n) is 10.9. The van der Waals surface area contributed by atoms with Gasteiger partial charge in [0.1, 0.15) is 0 Å². The van der Waals surface area contributed by atoms with Crippen LogP contribution in [0.5, 0.6) is 0 Å². The average molecular weight is 296 g/mol. The normalized spacial score (nSPS) is 21.7. The lowest BCUT2D eigenvalue weighted by Crippen LogP contribution is -2.35. The van der Waals surface area contributed by atoms with E-state index in [-0.39, 0.29) is 0 Å². The van der Waals surface area contributed by atoms with Crippen LogP contribution >= 0.6 is 15.9 Å². The van der Waals surface area contributed by atoms with Crippen LogP contribution in [0, 0.1) is 19.8 Å². The number of nitrogens with zero attached hydrogens (tertiary/aromatic N) is 1. The van der Waals surface area contributed by atoms with Crippen molar-refractivity contribution < 1.29 is 0 Å². The van der Waals surface area contributed by atoms with Crippen LogP contribution in [0.4, 0.5) is 0 Å². The summed E-state index contributed by atoms with van der Waals surface area (Å²) in [7, 11) is 0. The van der Waals surface area contributed by atoms with Crippen molar-refractivity contribution in [2.75, 3.05) is 18.4 Å². The second-order valence-corrected chi connectivity index (χ2v) is 5.92. The van der Waals surface area contributed by atoms with Crippen LogP contribution in [-0.2, 0) is 6.54 Å². The first-order valence-corrected chi connectivity index (χ1v) is 7.66. The first-order valence-electron chi connectivity index (χ1n) is 6.54. The molecule has 1 atom stereocenters. The number of hydrogen-bond acceptors (Lipinski definition) is 1. The topological polar surface area (TPSA) is 3.24 Å². The Bertz CT molecular complexity index is 355. The molecule has 1 aliphatic rings. The van der Waals surface area contributed by atoms with Crippen LogP contribution in [0.25, 0.3) is 0 Å². The van der Waals surface area contributed by atoms with Crippen LogP contribution in [-0.4, -0.2) is 23.3 Å². The Hall–Kier alpha value is -0.340. The van der Waals surface area contributed by atoms with Gasteiger partial charge in [0.2, 0.25) is 0 Å². The van der Waals surface area contributed by atoms with Gasteiger partial charge in [-0.25, -0.2) is 0 Å². The van der Waals surface area contributed by atoms with Gasteiger partial charge in [-0.05, 0) is 55.8 Å². The Morgan fingerprint density at radius 2 is 2.00 bits per heavy atom. The molecule has 2 rings (SSSR count). The predicted molar refractivity (Wildman–Crippen MR) is 77.7 cm³/mol. The molecule has 0 saturated carbocycles. The Balaban J connectivity index is 2.05. The van der Waals surface area contributed by atoms with E-state index in [1.165, 1.54) is 42.6 Å². The molecule has 0 aromatic heterocycles. The van der Waals surface area contributed by atoms with Gasteiger partial charge >= 0.3 is 0 Å². The van der Waals surface area contributed by atoms with Gasteiger partial charge in [0.15, 0.2) is 0 Å². The van der Waals surface area contributed by atoms with Crippen molar-refractivity contribution in [2.24, 2.45) is 5.92 Å². The Morgan fingerprint density at radius 3 is 2.65 bits per heavy atom. The van der Waals surface area contributed by atoms with E-state index in [2.05, 4.69) is 52.9 Å². The van der Waals surface area contributed by atoms with E-state index in [4.69, 9.17) is 0 Å². The third-order valence-corrected chi connectivity index (χ3v) is 4.76. The molecule has 1 heterocycles. The van der Waals surface area contributed by atoms with E-state index in [1.807, 2.05) is 0 Å². The van der Waals surface area contributed by atoms with Crippen LogP contribution in [0.3, 0.4) is 0 Å². The summed E-state index contributed by atoms with van der Waals surface area (Å²) in [4.78, 5) is 2.62. The summed E-state index contributed by atoms with van der Waals surface area (Å²) in [5, 5.41) is 1.15. The fraction of sp³-hybridized carbons (Fsp3) is 0.600. The van der Waals surface area contributed by atoms with E-state index in [1.54, 1.807) is 0 Å². The number of hydrogen-bond donors (Lipinski definition) is 0. The summed E-state index contributed by atoms with van der Waals surface area (Å²) in [5.41, 5.74) is 4.40. The molecule has 1 aromatic rings. The van der Waals surface area contributed by atoms with Gasteiger partial charge in [0.05, 0.1) is 0 Å². The fourth-order valence-corrected chi connectivity index (χ4v) is 3.27. The van der Waals surface area contributed by atoms with Crippen molar-refractivity contribution >= 4 is 15.9 Å². The molecule has 1 aromatic carbocycles. The molecule has 0 aliphatic carbocycles. The van der Waals surface area contributed by atoms with Crippen molar-refractivity contribution in [1.82, 2.24) is 4.90 Å². The maximum Gasteiger partial charge on any atom is 0.0239 e. The second kappa shape index (κ2) is 6.01. The first kappa shape index (κ1) is 13.1. The molecule has 1 saturated heterocycles. The maximum absolute atomic E-state index is 3.63. The van der Waals surface area contributed by atoms with Crippen LogP contribution < -0.4 is 0 Å². The molecule has 2 heteroatoms. The number of benzene rings is 1. The summed E-state index contributed by atoms with van der Waals surface area (Å²) < 4.78 is 0. The van der Waals surface area contributed by atoms with Gasteiger partial charge in [-0.1, -0.05) is 34.1 Å². The monoisotopic (exact) mass is 295 g/mol. The van der Waals surface area contributed by atoms with E-state index in [0.717, 1.165) is 17.8 Å². The minimum atomic E-state index is 0.841. The van der Waals surface area contributed by atoms with E-state index < -0.39 is 0 Å². The summed E-state index contributed by atoms with van der Waals surface area (Å²) in [6.07, 6.45) is 2.73. The highest BCUT2D eigenvalue weighted by molar-refractivity contribution is 9.09. The van der Waals surface area contributed by atoms with Crippen LogP contribution in [0.1, 0.15) is 29.5 Å². The molecule has 17 heavy (non-hydrogen) atoms. The van der Waals surface area contributed by atoms with Crippen molar-refractivity contribution in [3.8, 4) is 0 Å². The quantitative estimate of drug-likeness (QED) is 0.764. The molecule has 0 spiro atoms. The molecule has 0 amide bonds. The molecule has 0 bridgehead atoms. The van der Waals surface area contributed by atoms with Crippen molar-refractivity contribution in [2.45, 2.75) is 33.2 Å². The van der Waals surface area contributed by atoms with Gasteiger partial charge in [0.25, 0.3) is 0 Å². The standard InChI is InChI=1S/C15H22BrN/c1-12-5-3-6-13(2)15(12)11-17-8-4-7-14(9-16)10-17/h3,5-6,14H,4,7-11H2,1-2H3. The highest BCUT2D eigenvalue weighted by atomic mass is 79.9. The lowest BCUT2D eigenvalue weighted by molar-refractivity contribution is 0.179. The lowest BCUT2D eigenvalue weighted by atomic mass is 9.97. The number of piperidine rings is 1. The molecule has 1 unspecified atom stereocenters. The molecule has 1 fully saturated rings. The SMILES string of the molecule is Cc1cccc(C)c1CN1CCCC(CBr)C1. The molecule has 0 N–H and O–H groups in total. The van der Waals surface area contributed by atoms with Gasteiger partial charge in [-0.3, -0.25) is 4.90 Å². The number of likely N-dealkylation sites (tertiary alicyclic amines) is 1. The average Bonchev–Trinajstić information content (AvgIpc) is 2.34. The molecule has 0 radical (unpaired) electrons. The fourth-order valence-electron chi connectivity index (χ4n) is 2.74. The predicted octanol–water partition coefficient (Wildman–Crippen LogP) is 3.91. The summed E-state index contributed by atoms with van der Waals surface area (Å²) in [5.74, 6) is 0.841. The second-order valence-electron chi connectivity index (χ2n) is 5.27. The number of aryl methyl sites for hydroxylation is 2. The maximum atomic E-state index is 3.63. The molecule has 1 aliphatic heterocycles. The molecular formula is C15H22BrN. The lowest BCUT2D eigenvalue weighted by Gasteiger charge is -2.32. The molecule has 94 valence electrons. The largest absolute Gasteiger partial charge is 0.299 e. The Labute approximate surface area is 113 Å². The number of alkyl halides is 1. The van der Waals surface area contributed by atoms with Gasteiger partial charge < -0.3 is 0 Å². The van der Waals surface area contributed by atoms with E-state index >= 15 is 0 Å². The van der Waals surface area contributed by atoms with E-state index in [0.29, 0.717) is 0 Å². The highest BCUT2D eigenvalue weighted by Crippen LogP contribution is 2.22. The highest BCUT2D eigenvalue weighted by Gasteiger charge is 2.19. The van der Waals surface area contributed by atoms with Crippen molar-refractivity contribution in [1.29, 1.82) is 0 Å². The summed E-state index contributed by atoms with van der Waals surface area (Å²) in [6, 6.07) is 6.62. The molecular weight excluding hydrogens is 274 g/mol. The third-order valence-electron chi connectivity index (χ3n) is 3.85. The third kappa shape index (κ3) is 3.32. The number of rotatable bonds is 3.